The highest BCUT2D eigenvalue weighted by molar-refractivity contribution is 4.73. The first-order chi connectivity index (χ1) is 4.83. The molecule has 2 N–H and O–H groups in total. The van der Waals surface area contributed by atoms with E-state index in [4.69, 9.17) is 0 Å². The number of rotatable bonds is 2. The number of nitrogens with one attached hydrogen (secondary N) is 2. The van der Waals surface area contributed by atoms with Gasteiger partial charge < -0.3 is 0 Å². The molecular formula is C8H18N2. The van der Waals surface area contributed by atoms with Crippen LogP contribution in [0.3, 0.4) is 0 Å². The summed E-state index contributed by atoms with van der Waals surface area (Å²) in [5, 5.41) is 0. The molecule has 0 atom stereocenters. The lowest BCUT2D eigenvalue weighted by Gasteiger charge is -2.26. The van der Waals surface area contributed by atoms with Gasteiger partial charge in [0.05, 0.1) is 0 Å². The standard InChI is InChI=1S/C8H18N2/c1-7-3-5-8(6-4-7)10-9-2/h7-10H,3-6H2,1-2H3. The molecule has 10 heavy (non-hydrogen) atoms. The molecule has 0 aliphatic heterocycles. The minimum Gasteiger partial charge on any atom is -0.261 e. The maximum Gasteiger partial charge on any atom is 0.0213 e. The normalized spacial score (nSPS) is 34.2. The van der Waals surface area contributed by atoms with Gasteiger partial charge in [0.1, 0.15) is 0 Å². The number of hydrogen-bond acceptors (Lipinski definition) is 2. The second-order valence-electron chi connectivity index (χ2n) is 3.35. The van der Waals surface area contributed by atoms with Gasteiger partial charge in [-0.05, 0) is 38.6 Å². The van der Waals surface area contributed by atoms with E-state index in [1.54, 1.807) is 0 Å². The minimum absolute atomic E-state index is 0.723. The molecule has 0 aromatic heterocycles. The molecule has 0 bridgehead atoms. The summed E-state index contributed by atoms with van der Waals surface area (Å²) in [5.74, 6) is 0.954. The van der Waals surface area contributed by atoms with Crippen molar-refractivity contribution in [2.24, 2.45) is 5.92 Å². The van der Waals surface area contributed by atoms with Crippen molar-refractivity contribution in [2.75, 3.05) is 7.05 Å². The van der Waals surface area contributed by atoms with Crippen molar-refractivity contribution in [1.82, 2.24) is 10.9 Å². The van der Waals surface area contributed by atoms with Crippen LogP contribution in [0, 0.1) is 5.92 Å². The molecule has 1 aliphatic carbocycles. The van der Waals surface area contributed by atoms with Crippen LogP contribution in [-0.2, 0) is 0 Å². The van der Waals surface area contributed by atoms with Gasteiger partial charge in [-0.15, -0.1) is 0 Å². The van der Waals surface area contributed by atoms with Crippen molar-refractivity contribution < 1.29 is 0 Å². The second-order valence-corrected chi connectivity index (χ2v) is 3.35. The molecular weight excluding hydrogens is 124 g/mol. The van der Waals surface area contributed by atoms with Crippen molar-refractivity contribution >= 4 is 0 Å². The van der Waals surface area contributed by atoms with Gasteiger partial charge in [0.25, 0.3) is 0 Å². The summed E-state index contributed by atoms with van der Waals surface area (Å²) in [7, 11) is 1.94. The number of hydrogen-bond donors (Lipinski definition) is 2. The topological polar surface area (TPSA) is 24.1 Å². The number of hydrazine groups is 1. The molecule has 0 heterocycles. The van der Waals surface area contributed by atoms with Crippen LogP contribution < -0.4 is 10.9 Å². The molecule has 0 radical (unpaired) electrons. The molecule has 1 rings (SSSR count). The SMILES string of the molecule is CNNC1CCC(C)CC1. The Morgan fingerprint density at radius 3 is 2.20 bits per heavy atom. The van der Waals surface area contributed by atoms with E-state index in [0.717, 1.165) is 12.0 Å². The van der Waals surface area contributed by atoms with Crippen LogP contribution in [0.15, 0.2) is 0 Å². The molecule has 1 aliphatic rings. The quantitative estimate of drug-likeness (QED) is 0.568. The fourth-order valence-electron chi connectivity index (χ4n) is 1.61. The van der Waals surface area contributed by atoms with Gasteiger partial charge in [-0.2, -0.15) is 0 Å². The van der Waals surface area contributed by atoms with Gasteiger partial charge in [0.2, 0.25) is 0 Å². The first kappa shape index (κ1) is 8.02. The molecule has 2 nitrogen and oxygen atoms in total. The van der Waals surface area contributed by atoms with Crippen LogP contribution in [0.2, 0.25) is 0 Å². The first-order valence-corrected chi connectivity index (χ1v) is 4.25. The summed E-state index contributed by atoms with van der Waals surface area (Å²) in [6.07, 6.45) is 5.45. The third kappa shape index (κ3) is 2.27. The van der Waals surface area contributed by atoms with Crippen LogP contribution >= 0.6 is 0 Å². The molecule has 0 spiro atoms. The fraction of sp³-hybridized carbons (Fsp3) is 1.00. The van der Waals surface area contributed by atoms with Crippen LogP contribution in [-0.4, -0.2) is 13.1 Å². The van der Waals surface area contributed by atoms with Crippen molar-refractivity contribution in [1.29, 1.82) is 0 Å². The van der Waals surface area contributed by atoms with Gasteiger partial charge in [0.15, 0.2) is 0 Å². The Hall–Kier alpha value is -0.0800. The Kier molecular flexibility index (Phi) is 3.16. The summed E-state index contributed by atoms with van der Waals surface area (Å²) >= 11 is 0. The summed E-state index contributed by atoms with van der Waals surface area (Å²) in [6.45, 7) is 2.34. The zero-order valence-electron chi connectivity index (χ0n) is 6.98. The second kappa shape index (κ2) is 3.94. The van der Waals surface area contributed by atoms with E-state index in [2.05, 4.69) is 17.8 Å². The van der Waals surface area contributed by atoms with E-state index in [1.807, 2.05) is 7.05 Å². The average Bonchev–Trinajstić information content (AvgIpc) is 1.95. The third-order valence-corrected chi connectivity index (χ3v) is 2.36. The van der Waals surface area contributed by atoms with Gasteiger partial charge in [-0.1, -0.05) is 6.92 Å². The lowest BCUT2D eigenvalue weighted by molar-refractivity contribution is 0.292. The zero-order valence-corrected chi connectivity index (χ0v) is 6.98. The van der Waals surface area contributed by atoms with Crippen molar-refractivity contribution in [3.63, 3.8) is 0 Å². The Bertz CT molecular complexity index is 85.3. The molecule has 0 saturated heterocycles. The largest absolute Gasteiger partial charge is 0.261 e. The Morgan fingerprint density at radius 2 is 1.70 bits per heavy atom. The third-order valence-electron chi connectivity index (χ3n) is 2.36. The molecule has 2 heteroatoms. The molecule has 0 aromatic carbocycles. The predicted octanol–water partition coefficient (Wildman–Crippen LogP) is 1.29. The molecule has 60 valence electrons. The van der Waals surface area contributed by atoms with Gasteiger partial charge in [-0.3, -0.25) is 10.9 Å². The van der Waals surface area contributed by atoms with E-state index in [1.165, 1.54) is 25.7 Å². The maximum atomic E-state index is 3.26. The van der Waals surface area contributed by atoms with E-state index in [-0.39, 0.29) is 0 Å². The van der Waals surface area contributed by atoms with E-state index >= 15 is 0 Å². The van der Waals surface area contributed by atoms with E-state index in [9.17, 15) is 0 Å². The predicted molar refractivity (Wildman–Crippen MR) is 43.6 cm³/mol. The molecule has 1 fully saturated rings. The molecule has 0 amide bonds. The van der Waals surface area contributed by atoms with Crippen LogP contribution in [0.5, 0.6) is 0 Å². The minimum atomic E-state index is 0.723. The maximum absolute atomic E-state index is 3.26. The Morgan fingerprint density at radius 1 is 1.10 bits per heavy atom. The van der Waals surface area contributed by atoms with E-state index < -0.39 is 0 Å². The van der Waals surface area contributed by atoms with Gasteiger partial charge in [-0.25, -0.2) is 0 Å². The summed E-state index contributed by atoms with van der Waals surface area (Å²) in [4.78, 5) is 0. The van der Waals surface area contributed by atoms with Crippen LogP contribution in [0.25, 0.3) is 0 Å². The molecule has 0 aromatic rings. The Balaban J connectivity index is 2.13. The monoisotopic (exact) mass is 142 g/mol. The lowest BCUT2D eigenvalue weighted by atomic mass is 9.88. The highest BCUT2D eigenvalue weighted by Gasteiger charge is 2.16. The van der Waals surface area contributed by atoms with Crippen molar-refractivity contribution in [2.45, 2.75) is 38.6 Å². The van der Waals surface area contributed by atoms with Crippen LogP contribution in [0.4, 0.5) is 0 Å². The van der Waals surface area contributed by atoms with Crippen molar-refractivity contribution in [3.05, 3.63) is 0 Å². The lowest BCUT2D eigenvalue weighted by Crippen LogP contribution is -2.40. The summed E-state index contributed by atoms with van der Waals surface area (Å²) in [5.41, 5.74) is 6.26. The van der Waals surface area contributed by atoms with Gasteiger partial charge >= 0.3 is 0 Å². The highest BCUT2D eigenvalue weighted by Crippen LogP contribution is 2.22. The average molecular weight is 142 g/mol. The Labute approximate surface area is 63.4 Å². The first-order valence-electron chi connectivity index (χ1n) is 4.25. The van der Waals surface area contributed by atoms with Crippen LogP contribution in [0.1, 0.15) is 32.6 Å². The van der Waals surface area contributed by atoms with E-state index in [0.29, 0.717) is 0 Å². The molecule has 0 unspecified atom stereocenters. The zero-order chi connectivity index (χ0) is 7.40. The molecule has 1 saturated carbocycles. The van der Waals surface area contributed by atoms with Gasteiger partial charge in [0, 0.05) is 6.04 Å². The fourth-order valence-corrected chi connectivity index (χ4v) is 1.61. The van der Waals surface area contributed by atoms with Crippen molar-refractivity contribution in [3.8, 4) is 0 Å². The smallest absolute Gasteiger partial charge is 0.0213 e. The summed E-state index contributed by atoms with van der Waals surface area (Å²) < 4.78 is 0. The highest BCUT2D eigenvalue weighted by atomic mass is 15.3. The summed E-state index contributed by atoms with van der Waals surface area (Å²) in [6, 6.07) is 0.723.